The Morgan fingerprint density at radius 3 is 2.54 bits per heavy atom. The number of pyridine rings is 1. The lowest BCUT2D eigenvalue weighted by molar-refractivity contribution is 0.0950. The number of ether oxygens (including phenoxy) is 2. The lowest BCUT2D eigenvalue weighted by atomic mass is 10.2. The summed E-state index contributed by atoms with van der Waals surface area (Å²) in [6.07, 6.45) is 1.53. The molecule has 2 N–H and O–H groups in total. The number of methoxy groups -OCH3 is 1. The van der Waals surface area contributed by atoms with Gasteiger partial charge in [-0.3, -0.25) is 9.59 Å². The molecule has 0 unspecified atom stereocenters. The molecule has 0 aliphatic heterocycles. The van der Waals surface area contributed by atoms with E-state index >= 15 is 0 Å². The maximum atomic E-state index is 12.1. The summed E-state index contributed by atoms with van der Waals surface area (Å²) in [5.74, 6) is 1.09. The maximum Gasteiger partial charge on any atom is 0.251 e. The highest BCUT2D eigenvalue weighted by Gasteiger charge is 2.07. The van der Waals surface area contributed by atoms with Gasteiger partial charge in [0.1, 0.15) is 5.75 Å². The van der Waals surface area contributed by atoms with Crippen molar-refractivity contribution < 1.29 is 14.3 Å². The van der Waals surface area contributed by atoms with Crippen LogP contribution in [0.1, 0.15) is 29.9 Å². The van der Waals surface area contributed by atoms with Crippen LogP contribution < -0.4 is 20.2 Å². The molecule has 1 aromatic heterocycles. The van der Waals surface area contributed by atoms with E-state index in [1.54, 1.807) is 31.4 Å². The Morgan fingerprint density at radius 2 is 1.96 bits per heavy atom. The monoisotopic (exact) mass is 330 g/mol. The molecule has 0 radical (unpaired) electrons. The quantitative estimate of drug-likeness (QED) is 0.816. The second kappa shape index (κ2) is 8.19. The van der Waals surface area contributed by atoms with Gasteiger partial charge in [0, 0.05) is 23.5 Å². The number of H-pyrrole nitrogens is 1. The first kappa shape index (κ1) is 17.6. The molecule has 1 heterocycles. The van der Waals surface area contributed by atoms with Crippen LogP contribution in [-0.2, 0) is 6.54 Å². The summed E-state index contributed by atoms with van der Waals surface area (Å²) in [6, 6.07) is 8.23. The number of hydrogen-bond donors (Lipinski definition) is 2. The third kappa shape index (κ3) is 4.87. The van der Waals surface area contributed by atoms with Crippen molar-refractivity contribution in [1.29, 1.82) is 0 Å². The lowest BCUT2D eigenvalue weighted by Gasteiger charge is -2.09. The van der Waals surface area contributed by atoms with Crippen LogP contribution in [0, 0.1) is 5.92 Å². The molecule has 2 rings (SSSR count). The number of hydrogen-bond acceptors (Lipinski definition) is 4. The number of nitrogens with one attached hydrogen (secondary N) is 2. The Morgan fingerprint density at radius 1 is 1.25 bits per heavy atom. The Hall–Kier alpha value is -2.76. The Kier molecular flexibility index (Phi) is 6.01. The molecule has 0 saturated carbocycles. The van der Waals surface area contributed by atoms with Crippen LogP contribution >= 0.6 is 0 Å². The van der Waals surface area contributed by atoms with Gasteiger partial charge in [-0.25, -0.2) is 0 Å². The molecule has 6 heteroatoms. The summed E-state index contributed by atoms with van der Waals surface area (Å²) in [5, 5.41) is 2.76. The van der Waals surface area contributed by atoms with E-state index in [2.05, 4.69) is 10.3 Å². The fourth-order valence-electron chi connectivity index (χ4n) is 1.99. The van der Waals surface area contributed by atoms with E-state index in [1.807, 2.05) is 13.8 Å². The minimum atomic E-state index is -0.223. The Labute approximate surface area is 140 Å². The van der Waals surface area contributed by atoms with Gasteiger partial charge < -0.3 is 19.8 Å². The average molecular weight is 330 g/mol. The van der Waals surface area contributed by atoms with Crippen LogP contribution in [0.2, 0.25) is 0 Å². The summed E-state index contributed by atoms with van der Waals surface area (Å²) in [6.45, 7) is 4.73. The Bertz CT molecular complexity index is 735. The van der Waals surface area contributed by atoms with Crippen LogP contribution in [0.5, 0.6) is 11.5 Å². The van der Waals surface area contributed by atoms with Gasteiger partial charge in [-0.05, 0) is 30.2 Å². The highest BCUT2D eigenvalue weighted by molar-refractivity contribution is 5.94. The lowest BCUT2D eigenvalue weighted by Crippen LogP contribution is -2.24. The number of carbonyl (C=O) groups is 1. The first-order valence-electron chi connectivity index (χ1n) is 7.76. The molecule has 0 atom stereocenters. The molecule has 0 bridgehead atoms. The van der Waals surface area contributed by atoms with Gasteiger partial charge in [-0.1, -0.05) is 13.8 Å². The summed E-state index contributed by atoms with van der Waals surface area (Å²) in [5.41, 5.74) is 0.928. The topological polar surface area (TPSA) is 80.4 Å². The smallest absolute Gasteiger partial charge is 0.251 e. The normalized spacial score (nSPS) is 10.5. The zero-order valence-corrected chi connectivity index (χ0v) is 14.1. The van der Waals surface area contributed by atoms with Crippen molar-refractivity contribution in [2.75, 3.05) is 13.7 Å². The third-order valence-corrected chi connectivity index (χ3v) is 3.30. The second-order valence-corrected chi connectivity index (χ2v) is 5.80. The highest BCUT2D eigenvalue weighted by atomic mass is 16.5. The zero-order valence-electron chi connectivity index (χ0n) is 14.1. The highest BCUT2D eigenvalue weighted by Crippen LogP contribution is 2.11. The van der Waals surface area contributed by atoms with Crippen molar-refractivity contribution in [3.8, 4) is 11.5 Å². The van der Waals surface area contributed by atoms with E-state index in [0.29, 0.717) is 29.5 Å². The van der Waals surface area contributed by atoms with E-state index in [1.165, 1.54) is 12.3 Å². The van der Waals surface area contributed by atoms with Gasteiger partial charge in [0.25, 0.3) is 5.91 Å². The number of aromatic nitrogens is 1. The van der Waals surface area contributed by atoms with E-state index in [-0.39, 0.29) is 23.6 Å². The number of aromatic amines is 1. The van der Waals surface area contributed by atoms with Crippen LogP contribution in [-0.4, -0.2) is 24.6 Å². The molecule has 24 heavy (non-hydrogen) atoms. The van der Waals surface area contributed by atoms with Crippen LogP contribution in [0.15, 0.2) is 41.3 Å². The van der Waals surface area contributed by atoms with Crippen molar-refractivity contribution in [1.82, 2.24) is 10.3 Å². The number of amides is 1. The van der Waals surface area contributed by atoms with Crippen molar-refractivity contribution in [2.24, 2.45) is 5.92 Å². The van der Waals surface area contributed by atoms with Gasteiger partial charge in [0.2, 0.25) is 5.43 Å². The number of benzene rings is 1. The van der Waals surface area contributed by atoms with Gasteiger partial charge in [-0.2, -0.15) is 0 Å². The molecular formula is C18H22N2O4. The molecule has 128 valence electrons. The van der Waals surface area contributed by atoms with E-state index < -0.39 is 0 Å². The summed E-state index contributed by atoms with van der Waals surface area (Å²) >= 11 is 0. The molecule has 0 aliphatic carbocycles. The molecule has 0 spiro atoms. The predicted octanol–water partition coefficient (Wildman–Crippen LogP) is 2.35. The van der Waals surface area contributed by atoms with E-state index in [9.17, 15) is 9.59 Å². The molecule has 1 amide bonds. The van der Waals surface area contributed by atoms with E-state index in [4.69, 9.17) is 9.47 Å². The fraction of sp³-hybridized carbons (Fsp3) is 0.333. The summed E-state index contributed by atoms with van der Waals surface area (Å²) in [7, 11) is 1.57. The minimum absolute atomic E-state index is 0.205. The number of rotatable bonds is 7. The third-order valence-electron chi connectivity index (χ3n) is 3.30. The molecule has 2 aromatic rings. The number of carbonyl (C=O) groups excluding carboxylic acids is 1. The van der Waals surface area contributed by atoms with Gasteiger partial charge in [-0.15, -0.1) is 0 Å². The van der Waals surface area contributed by atoms with Crippen LogP contribution in [0.4, 0.5) is 0 Å². The zero-order chi connectivity index (χ0) is 17.5. The predicted molar refractivity (Wildman–Crippen MR) is 91.6 cm³/mol. The summed E-state index contributed by atoms with van der Waals surface area (Å²) in [4.78, 5) is 27.0. The standard InChI is InChI=1S/C18H22N2O4/c1-12(2)11-24-17-10-19-14(8-16(17)21)9-20-18(22)13-4-6-15(23-3)7-5-13/h4-8,10,12H,9,11H2,1-3H3,(H,19,21)(H,20,22). The van der Waals surface area contributed by atoms with Gasteiger partial charge in [0.05, 0.1) is 20.3 Å². The van der Waals surface area contributed by atoms with Crippen LogP contribution in [0.25, 0.3) is 0 Å². The van der Waals surface area contributed by atoms with Gasteiger partial charge in [0.15, 0.2) is 5.75 Å². The largest absolute Gasteiger partial charge is 0.497 e. The first-order chi connectivity index (χ1) is 11.5. The van der Waals surface area contributed by atoms with Crippen molar-refractivity contribution >= 4 is 5.91 Å². The van der Waals surface area contributed by atoms with Crippen molar-refractivity contribution in [2.45, 2.75) is 20.4 Å². The second-order valence-electron chi connectivity index (χ2n) is 5.80. The maximum absolute atomic E-state index is 12.1. The fourth-order valence-corrected chi connectivity index (χ4v) is 1.99. The van der Waals surface area contributed by atoms with E-state index in [0.717, 1.165) is 0 Å². The molecule has 0 saturated heterocycles. The molecular weight excluding hydrogens is 308 g/mol. The summed E-state index contributed by atoms with van der Waals surface area (Å²) < 4.78 is 10.5. The minimum Gasteiger partial charge on any atom is -0.497 e. The van der Waals surface area contributed by atoms with Crippen LogP contribution in [0.3, 0.4) is 0 Å². The first-order valence-corrected chi connectivity index (χ1v) is 7.76. The Balaban J connectivity index is 1.94. The average Bonchev–Trinajstić information content (AvgIpc) is 2.58. The van der Waals surface area contributed by atoms with Gasteiger partial charge >= 0.3 is 0 Å². The molecule has 1 aromatic carbocycles. The molecule has 6 nitrogen and oxygen atoms in total. The van der Waals surface area contributed by atoms with Crippen molar-refractivity contribution in [3.05, 3.63) is 58.0 Å². The van der Waals surface area contributed by atoms with Crippen molar-refractivity contribution in [3.63, 3.8) is 0 Å². The SMILES string of the molecule is COc1ccc(C(=O)NCc2cc(=O)c(OCC(C)C)c[nH]2)cc1. The molecule has 0 fully saturated rings. The molecule has 0 aliphatic rings.